The maximum atomic E-state index is 5.59. The molecule has 1 heterocycles. The summed E-state index contributed by atoms with van der Waals surface area (Å²) in [4.78, 5) is 6.53. The zero-order valence-corrected chi connectivity index (χ0v) is 16.5. The number of guanidine groups is 1. The van der Waals surface area contributed by atoms with Crippen molar-refractivity contribution in [2.75, 3.05) is 47.5 Å². The highest BCUT2D eigenvalue weighted by molar-refractivity contribution is 14.0. The van der Waals surface area contributed by atoms with Crippen LogP contribution >= 0.6 is 24.0 Å². The Morgan fingerprint density at radius 3 is 2.74 bits per heavy atom. The fraction of sp³-hybridized carbons (Fsp3) is 0.588. The van der Waals surface area contributed by atoms with Gasteiger partial charge < -0.3 is 19.7 Å². The Morgan fingerprint density at radius 2 is 2.17 bits per heavy atom. The first-order valence-corrected chi connectivity index (χ1v) is 7.82. The molecule has 0 saturated carbocycles. The molecule has 0 spiro atoms. The normalized spacial score (nSPS) is 19.1. The first-order valence-electron chi connectivity index (χ1n) is 7.82. The second kappa shape index (κ2) is 10.8. The van der Waals surface area contributed by atoms with Crippen LogP contribution in [0.15, 0.2) is 35.3 Å². The Bertz CT molecular complexity index is 464. The van der Waals surface area contributed by atoms with Crippen LogP contribution in [-0.2, 0) is 9.47 Å². The van der Waals surface area contributed by atoms with E-state index in [9.17, 15) is 0 Å². The van der Waals surface area contributed by atoms with Crippen molar-refractivity contribution in [2.24, 2.45) is 10.9 Å². The van der Waals surface area contributed by atoms with Crippen molar-refractivity contribution in [3.05, 3.63) is 35.9 Å². The monoisotopic (exact) mass is 433 g/mol. The van der Waals surface area contributed by atoms with Gasteiger partial charge in [0.15, 0.2) is 5.96 Å². The predicted octanol–water partition coefficient (Wildman–Crippen LogP) is 2.54. The Kier molecular flexibility index (Phi) is 9.50. The first-order chi connectivity index (χ1) is 10.7. The van der Waals surface area contributed by atoms with E-state index in [4.69, 9.17) is 9.47 Å². The largest absolute Gasteiger partial charge is 0.381 e. The summed E-state index contributed by atoms with van der Waals surface area (Å²) in [5.41, 5.74) is 1.17. The number of methoxy groups -OCH3 is 1. The fourth-order valence-corrected chi connectivity index (χ4v) is 2.77. The number of ether oxygens (including phenoxy) is 2. The summed E-state index contributed by atoms with van der Waals surface area (Å²) >= 11 is 0. The van der Waals surface area contributed by atoms with Crippen molar-refractivity contribution in [1.29, 1.82) is 0 Å². The molecule has 23 heavy (non-hydrogen) atoms. The third-order valence-electron chi connectivity index (χ3n) is 4.03. The minimum atomic E-state index is 0. The number of nitrogens with one attached hydrogen (secondary N) is 1. The van der Waals surface area contributed by atoms with Gasteiger partial charge in [-0.05, 0) is 12.0 Å². The first kappa shape index (κ1) is 20.2. The van der Waals surface area contributed by atoms with E-state index in [0.717, 1.165) is 32.1 Å². The molecule has 1 aliphatic rings. The van der Waals surface area contributed by atoms with Crippen molar-refractivity contribution < 1.29 is 9.47 Å². The van der Waals surface area contributed by atoms with E-state index in [1.807, 2.05) is 25.2 Å². The standard InChI is InChI=1S/C17H27N3O2.HI/c1-18-17(20(2)12-14-9-10-22-13-14)19-11-16(21-3)15-7-5-4-6-8-15;/h4-8,14,16H,9-13H2,1-3H3,(H,18,19);1H. The van der Waals surface area contributed by atoms with Gasteiger partial charge in [-0.25, -0.2) is 0 Å². The number of benzene rings is 1. The van der Waals surface area contributed by atoms with Gasteiger partial charge in [0.05, 0.1) is 12.7 Å². The predicted molar refractivity (Wildman–Crippen MR) is 105 cm³/mol. The zero-order valence-electron chi connectivity index (χ0n) is 14.2. The Hall–Kier alpha value is -0.860. The number of halogens is 1. The second-order valence-electron chi connectivity index (χ2n) is 5.67. The summed E-state index contributed by atoms with van der Waals surface area (Å²) in [7, 11) is 5.62. The van der Waals surface area contributed by atoms with Gasteiger partial charge in [0, 0.05) is 46.8 Å². The Balaban J connectivity index is 0.00000264. The summed E-state index contributed by atoms with van der Waals surface area (Å²) in [6.07, 6.45) is 1.15. The second-order valence-corrected chi connectivity index (χ2v) is 5.67. The molecule has 2 unspecified atom stereocenters. The average molecular weight is 433 g/mol. The third kappa shape index (κ3) is 6.27. The van der Waals surface area contributed by atoms with E-state index >= 15 is 0 Å². The van der Waals surface area contributed by atoms with Crippen LogP contribution in [0.25, 0.3) is 0 Å². The quantitative estimate of drug-likeness (QED) is 0.426. The number of hydrogen-bond donors (Lipinski definition) is 1. The molecule has 5 nitrogen and oxygen atoms in total. The molecule has 2 atom stereocenters. The molecule has 0 aromatic heterocycles. The molecule has 1 aliphatic heterocycles. The fourth-order valence-electron chi connectivity index (χ4n) is 2.77. The summed E-state index contributed by atoms with van der Waals surface area (Å²) in [6, 6.07) is 10.2. The molecule has 0 bridgehead atoms. The minimum absolute atomic E-state index is 0. The molecule has 0 aliphatic carbocycles. The Labute approximate surface area is 156 Å². The van der Waals surface area contributed by atoms with Crippen molar-refractivity contribution in [3.8, 4) is 0 Å². The van der Waals surface area contributed by atoms with Gasteiger partial charge in [-0.3, -0.25) is 4.99 Å². The number of rotatable bonds is 6. The van der Waals surface area contributed by atoms with Crippen LogP contribution < -0.4 is 5.32 Å². The Morgan fingerprint density at radius 1 is 1.43 bits per heavy atom. The molecule has 0 amide bonds. The van der Waals surface area contributed by atoms with Gasteiger partial charge in [0.2, 0.25) is 0 Å². The van der Waals surface area contributed by atoms with Crippen molar-refractivity contribution >= 4 is 29.9 Å². The molecular weight excluding hydrogens is 405 g/mol. The van der Waals surface area contributed by atoms with E-state index < -0.39 is 0 Å². The zero-order chi connectivity index (χ0) is 15.8. The SMILES string of the molecule is CN=C(NCC(OC)c1ccccc1)N(C)CC1CCOC1.I. The van der Waals surface area contributed by atoms with Gasteiger partial charge in [-0.15, -0.1) is 24.0 Å². The lowest BCUT2D eigenvalue weighted by molar-refractivity contribution is 0.106. The molecule has 1 N–H and O–H groups in total. The maximum Gasteiger partial charge on any atom is 0.193 e. The lowest BCUT2D eigenvalue weighted by Gasteiger charge is -2.26. The van der Waals surface area contributed by atoms with Crippen LogP contribution in [0.3, 0.4) is 0 Å². The molecule has 6 heteroatoms. The van der Waals surface area contributed by atoms with Gasteiger partial charge in [0.1, 0.15) is 0 Å². The van der Waals surface area contributed by atoms with Crippen LogP contribution in [-0.4, -0.2) is 58.4 Å². The maximum absolute atomic E-state index is 5.59. The van der Waals surface area contributed by atoms with Gasteiger partial charge in [-0.1, -0.05) is 30.3 Å². The number of hydrogen-bond acceptors (Lipinski definition) is 3. The van der Waals surface area contributed by atoms with E-state index in [1.54, 1.807) is 7.11 Å². The molecule has 130 valence electrons. The highest BCUT2D eigenvalue weighted by atomic mass is 127. The molecule has 1 aromatic rings. The average Bonchev–Trinajstić information content (AvgIpc) is 3.05. The molecule has 2 rings (SSSR count). The van der Waals surface area contributed by atoms with Crippen LogP contribution in [0.5, 0.6) is 0 Å². The summed E-state index contributed by atoms with van der Waals surface area (Å²) in [5, 5.41) is 3.40. The summed E-state index contributed by atoms with van der Waals surface area (Å²) < 4.78 is 11.0. The van der Waals surface area contributed by atoms with Crippen LogP contribution in [0, 0.1) is 5.92 Å². The van der Waals surface area contributed by atoms with E-state index in [2.05, 4.69) is 34.4 Å². The van der Waals surface area contributed by atoms with Crippen molar-refractivity contribution in [2.45, 2.75) is 12.5 Å². The minimum Gasteiger partial charge on any atom is -0.381 e. The van der Waals surface area contributed by atoms with Gasteiger partial charge in [-0.2, -0.15) is 0 Å². The molecular formula is C17H28IN3O2. The molecule has 1 saturated heterocycles. The van der Waals surface area contributed by atoms with Crippen LogP contribution in [0.4, 0.5) is 0 Å². The topological polar surface area (TPSA) is 46.1 Å². The smallest absolute Gasteiger partial charge is 0.193 e. The summed E-state index contributed by atoms with van der Waals surface area (Å²) in [6.45, 7) is 3.39. The molecule has 1 aromatic carbocycles. The van der Waals surface area contributed by atoms with Crippen molar-refractivity contribution in [1.82, 2.24) is 10.2 Å². The highest BCUT2D eigenvalue weighted by Gasteiger charge is 2.19. The van der Waals surface area contributed by atoms with Crippen molar-refractivity contribution in [3.63, 3.8) is 0 Å². The van der Waals surface area contributed by atoms with Crippen LogP contribution in [0.2, 0.25) is 0 Å². The van der Waals surface area contributed by atoms with Crippen LogP contribution in [0.1, 0.15) is 18.1 Å². The van der Waals surface area contributed by atoms with Gasteiger partial charge >= 0.3 is 0 Å². The molecule has 0 radical (unpaired) electrons. The molecule has 1 fully saturated rings. The van der Waals surface area contributed by atoms with E-state index in [0.29, 0.717) is 12.5 Å². The summed E-state index contributed by atoms with van der Waals surface area (Å²) in [5.74, 6) is 1.49. The lowest BCUT2D eigenvalue weighted by Crippen LogP contribution is -2.43. The number of aliphatic imine (C=N–C) groups is 1. The number of nitrogens with zero attached hydrogens (tertiary/aromatic N) is 2. The van der Waals surface area contributed by atoms with E-state index in [1.165, 1.54) is 5.56 Å². The van der Waals surface area contributed by atoms with Gasteiger partial charge in [0.25, 0.3) is 0 Å². The van der Waals surface area contributed by atoms with E-state index in [-0.39, 0.29) is 30.1 Å². The lowest BCUT2D eigenvalue weighted by atomic mass is 10.1. The third-order valence-corrected chi connectivity index (χ3v) is 4.03. The highest BCUT2D eigenvalue weighted by Crippen LogP contribution is 2.16.